The second kappa shape index (κ2) is 8.30. The Bertz CT molecular complexity index is 809. The number of ether oxygens (including phenoxy) is 2. The Morgan fingerprint density at radius 2 is 1.77 bits per heavy atom. The number of nitrogens with zero attached hydrogens (tertiary/aromatic N) is 2. The highest BCUT2D eigenvalue weighted by Crippen LogP contribution is 2.25. The first-order valence-corrected chi connectivity index (χ1v) is 9.23. The highest BCUT2D eigenvalue weighted by Gasteiger charge is 2.20. The van der Waals surface area contributed by atoms with E-state index in [1.54, 1.807) is 0 Å². The number of hydrogen-bond acceptors (Lipinski definition) is 3. The third kappa shape index (κ3) is 4.03. The highest BCUT2D eigenvalue weighted by atomic mass is 16.5. The van der Waals surface area contributed by atoms with Crippen LogP contribution in [0.2, 0.25) is 0 Å². The molecule has 1 aliphatic heterocycles. The first kappa shape index (κ1) is 17.0. The molecule has 0 aliphatic carbocycles. The SMILES string of the molecule is c1ccc(COCc2c(-c3ccccc3)ncn2C[C@H]2CCCO2)cc1. The van der Waals surface area contributed by atoms with Crippen molar-refractivity contribution in [3.05, 3.63) is 78.2 Å². The summed E-state index contributed by atoms with van der Waals surface area (Å²) in [6.45, 7) is 2.83. The smallest absolute Gasteiger partial charge is 0.0957 e. The van der Waals surface area contributed by atoms with Crippen LogP contribution in [-0.2, 0) is 29.2 Å². The average Bonchev–Trinajstić information content (AvgIpc) is 3.34. The van der Waals surface area contributed by atoms with E-state index in [9.17, 15) is 0 Å². The zero-order chi connectivity index (χ0) is 17.6. The van der Waals surface area contributed by atoms with Crippen LogP contribution < -0.4 is 0 Å². The van der Waals surface area contributed by atoms with Crippen LogP contribution in [-0.4, -0.2) is 22.3 Å². The van der Waals surface area contributed by atoms with Crippen molar-refractivity contribution in [2.24, 2.45) is 0 Å². The van der Waals surface area contributed by atoms with E-state index in [1.807, 2.05) is 42.7 Å². The third-order valence-electron chi connectivity index (χ3n) is 4.77. The summed E-state index contributed by atoms with van der Waals surface area (Å²) in [7, 11) is 0. The fraction of sp³-hybridized carbons (Fsp3) is 0.318. The van der Waals surface area contributed by atoms with E-state index in [4.69, 9.17) is 9.47 Å². The summed E-state index contributed by atoms with van der Waals surface area (Å²) >= 11 is 0. The van der Waals surface area contributed by atoms with Crippen molar-refractivity contribution in [3.8, 4) is 11.3 Å². The van der Waals surface area contributed by atoms with Gasteiger partial charge in [0.2, 0.25) is 0 Å². The molecule has 134 valence electrons. The van der Waals surface area contributed by atoms with Crippen LogP contribution in [0.5, 0.6) is 0 Å². The molecule has 2 aromatic carbocycles. The van der Waals surface area contributed by atoms with E-state index < -0.39 is 0 Å². The lowest BCUT2D eigenvalue weighted by Crippen LogP contribution is -2.16. The molecular weight excluding hydrogens is 324 g/mol. The Balaban J connectivity index is 1.53. The predicted octanol–water partition coefficient (Wildman–Crippen LogP) is 4.45. The molecule has 4 nitrogen and oxygen atoms in total. The summed E-state index contributed by atoms with van der Waals surface area (Å²) in [6.07, 6.45) is 4.46. The minimum atomic E-state index is 0.278. The Morgan fingerprint density at radius 3 is 2.50 bits per heavy atom. The molecule has 1 saturated heterocycles. The number of imidazole rings is 1. The summed E-state index contributed by atoms with van der Waals surface area (Å²) in [5, 5.41) is 0. The summed E-state index contributed by atoms with van der Waals surface area (Å²) in [4.78, 5) is 4.68. The van der Waals surface area contributed by atoms with Crippen molar-refractivity contribution >= 4 is 0 Å². The largest absolute Gasteiger partial charge is 0.376 e. The van der Waals surface area contributed by atoms with Crippen LogP contribution in [0.4, 0.5) is 0 Å². The van der Waals surface area contributed by atoms with Gasteiger partial charge in [0.15, 0.2) is 0 Å². The van der Waals surface area contributed by atoms with Crippen LogP contribution in [0.3, 0.4) is 0 Å². The molecule has 26 heavy (non-hydrogen) atoms. The van der Waals surface area contributed by atoms with Gasteiger partial charge in [0.25, 0.3) is 0 Å². The van der Waals surface area contributed by atoms with Gasteiger partial charge in [-0.3, -0.25) is 0 Å². The van der Waals surface area contributed by atoms with Crippen LogP contribution in [0.25, 0.3) is 11.3 Å². The number of rotatable bonds is 7. The van der Waals surface area contributed by atoms with Gasteiger partial charge in [0.1, 0.15) is 0 Å². The van der Waals surface area contributed by atoms with Gasteiger partial charge in [0, 0.05) is 12.2 Å². The molecule has 4 rings (SSSR count). The Labute approximate surface area is 154 Å². The zero-order valence-corrected chi connectivity index (χ0v) is 14.9. The third-order valence-corrected chi connectivity index (χ3v) is 4.77. The van der Waals surface area contributed by atoms with Crippen molar-refractivity contribution in [2.45, 2.75) is 38.7 Å². The van der Waals surface area contributed by atoms with Gasteiger partial charge in [-0.1, -0.05) is 60.7 Å². The molecule has 0 unspecified atom stereocenters. The molecule has 1 aromatic heterocycles. The quantitative estimate of drug-likeness (QED) is 0.633. The fourth-order valence-electron chi connectivity index (χ4n) is 3.40. The average molecular weight is 348 g/mol. The van der Waals surface area contributed by atoms with Crippen molar-refractivity contribution in [2.75, 3.05) is 6.61 Å². The minimum Gasteiger partial charge on any atom is -0.376 e. The monoisotopic (exact) mass is 348 g/mol. The maximum Gasteiger partial charge on any atom is 0.0957 e. The van der Waals surface area contributed by atoms with Gasteiger partial charge < -0.3 is 14.0 Å². The van der Waals surface area contributed by atoms with E-state index in [-0.39, 0.29) is 6.10 Å². The lowest BCUT2D eigenvalue weighted by atomic mass is 10.1. The normalized spacial score (nSPS) is 16.8. The molecule has 0 saturated carbocycles. The first-order chi connectivity index (χ1) is 12.9. The number of benzene rings is 2. The van der Waals surface area contributed by atoms with E-state index in [1.165, 1.54) is 5.56 Å². The van der Waals surface area contributed by atoms with E-state index in [0.29, 0.717) is 13.2 Å². The summed E-state index contributed by atoms with van der Waals surface area (Å²) < 4.78 is 14.0. The van der Waals surface area contributed by atoms with Gasteiger partial charge >= 0.3 is 0 Å². The fourth-order valence-corrected chi connectivity index (χ4v) is 3.40. The Morgan fingerprint density at radius 1 is 1.00 bits per heavy atom. The van der Waals surface area contributed by atoms with E-state index >= 15 is 0 Å². The number of hydrogen-bond donors (Lipinski definition) is 0. The molecule has 0 spiro atoms. The molecule has 1 aliphatic rings. The first-order valence-electron chi connectivity index (χ1n) is 9.23. The molecule has 0 bridgehead atoms. The van der Waals surface area contributed by atoms with Crippen LogP contribution in [0.15, 0.2) is 67.0 Å². The maximum atomic E-state index is 6.03. The summed E-state index contributed by atoms with van der Waals surface area (Å²) in [5.41, 5.74) is 4.41. The molecule has 1 atom stereocenters. The zero-order valence-electron chi connectivity index (χ0n) is 14.9. The molecule has 1 fully saturated rings. The number of aromatic nitrogens is 2. The minimum absolute atomic E-state index is 0.278. The summed E-state index contributed by atoms with van der Waals surface area (Å²) in [6, 6.07) is 20.6. The van der Waals surface area contributed by atoms with Crippen LogP contribution in [0, 0.1) is 0 Å². The molecule has 0 amide bonds. The van der Waals surface area contributed by atoms with Crippen molar-refractivity contribution in [3.63, 3.8) is 0 Å². The van der Waals surface area contributed by atoms with Crippen molar-refractivity contribution < 1.29 is 9.47 Å². The van der Waals surface area contributed by atoms with Crippen LogP contribution >= 0.6 is 0 Å². The van der Waals surface area contributed by atoms with E-state index in [0.717, 1.165) is 42.9 Å². The van der Waals surface area contributed by atoms with Gasteiger partial charge in [-0.2, -0.15) is 0 Å². The molecule has 2 heterocycles. The topological polar surface area (TPSA) is 36.3 Å². The standard InChI is InChI=1S/C22H24N2O2/c1-3-8-18(9-4-1)15-25-16-21-22(19-10-5-2-6-11-19)23-17-24(21)14-20-12-7-13-26-20/h1-6,8-11,17,20H,7,12-16H2/t20-/m1/s1. The lowest BCUT2D eigenvalue weighted by molar-refractivity contribution is 0.0854. The second-order valence-corrected chi connectivity index (χ2v) is 6.67. The second-order valence-electron chi connectivity index (χ2n) is 6.67. The maximum absolute atomic E-state index is 6.03. The molecule has 0 radical (unpaired) electrons. The molecule has 4 heteroatoms. The summed E-state index contributed by atoms with van der Waals surface area (Å²) in [5.74, 6) is 0. The Hall–Kier alpha value is -2.43. The molecule has 3 aromatic rings. The Kier molecular flexibility index (Phi) is 5.43. The van der Waals surface area contributed by atoms with Gasteiger partial charge in [-0.25, -0.2) is 4.98 Å². The molecule has 0 N–H and O–H groups in total. The highest BCUT2D eigenvalue weighted by molar-refractivity contribution is 5.61. The molecular formula is C22H24N2O2. The lowest BCUT2D eigenvalue weighted by Gasteiger charge is -2.14. The van der Waals surface area contributed by atoms with E-state index in [2.05, 4.69) is 33.8 Å². The predicted molar refractivity (Wildman–Crippen MR) is 102 cm³/mol. The van der Waals surface area contributed by atoms with Gasteiger partial charge in [-0.15, -0.1) is 0 Å². The van der Waals surface area contributed by atoms with Crippen molar-refractivity contribution in [1.29, 1.82) is 0 Å². The van der Waals surface area contributed by atoms with Crippen LogP contribution in [0.1, 0.15) is 24.1 Å². The van der Waals surface area contributed by atoms with Crippen molar-refractivity contribution in [1.82, 2.24) is 9.55 Å². The van der Waals surface area contributed by atoms with Gasteiger partial charge in [0.05, 0.1) is 43.6 Å². The van der Waals surface area contributed by atoms with Gasteiger partial charge in [-0.05, 0) is 18.4 Å².